The smallest absolute Gasteiger partial charge is 0.0192 e. The molecule has 9 N–H and O–H groups in total. The van der Waals surface area contributed by atoms with Crippen molar-refractivity contribution in [3.63, 3.8) is 0 Å². The summed E-state index contributed by atoms with van der Waals surface area (Å²) in [6.45, 7) is 9.90. The second kappa shape index (κ2) is 15.6. The van der Waals surface area contributed by atoms with E-state index in [2.05, 4.69) is 22.9 Å². The van der Waals surface area contributed by atoms with Crippen LogP contribution in [0.15, 0.2) is 0 Å². The van der Waals surface area contributed by atoms with Gasteiger partial charge in [-0.05, 0) is 78.7 Å². The first kappa shape index (κ1) is 21.8. The minimum atomic E-state index is 0.262. The molecule has 0 heterocycles. The lowest BCUT2D eigenvalue weighted by Crippen LogP contribution is -2.41. The van der Waals surface area contributed by atoms with Gasteiger partial charge in [-0.2, -0.15) is 0 Å². The number of hydrogen-bond donors (Lipinski definition) is 6. The Morgan fingerprint density at radius 1 is 0.773 bits per heavy atom. The summed E-state index contributed by atoms with van der Waals surface area (Å²) in [5.74, 6) is 0. The second-order valence-corrected chi connectivity index (χ2v) is 6.42. The molecule has 0 aromatic carbocycles. The predicted octanol–water partition coefficient (Wildman–Crippen LogP) is -0.273. The zero-order chi connectivity index (χ0) is 16.6. The molecule has 0 bridgehead atoms. The Hall–Kier alpha value is -0.240. The van der Waals surface area contributed by atoms with Crippen LogP contribution in [-0.2, 0) is 0 Å². The molecule has 0 aliphatic carbocycles. The Bertz CT molecular complexity index is 223. The lowest BCUT2D eigenvalue weighted by atomic mass is 10.1. The lowest BCUT2D eigenvalue weighted by molar-refractivity contribution is 0.421. The third-order valence-corrected chi connectivity index (χ3v) is 3.66. The third kappa shape index (κ3) is 16.1. The van der Waals surface area contributed by atoms with Gasteiger partial charge in [-0.15, -0.1) is 0 Å². The maximum absolute atomic E-state index is 5.81. The van der Waals surface area contributed by atoms with Gasteiger partial charge in [0.25, 0.3) is 0 Å². The molecule has 134 valence electrons. The molecule has 0 aliphatic heterocycles. The average Bonchev–Trinajstić information content (AvgIpc) is 2.45. The van der Waals surface area contributed by atoms with Crippen LogP contribution in [0.5, 0.6) is 0 Å². The van der Waals surface area contributed by atoms with Crippen LogP contribution >= 0.6 is 0 Å². The van der Waals surface area contributed by atoms with Gasteiger partial charge in [0.1, 0.15) is 0 Å². The highest BCUT2D eigenvalue weighted by atomic mass is 15.0. The molecule has 3 unspecified atom stereocenters. The van der Waals surface area contributed by atoms with E-state index in [0.717, 1.165) is 58.5 Å². The Labute approximate surface area is 137 Å². The van der Waals surface area contributed by atoms with Crippen molar-refractivity contribution < 1.29 is 0 Å². The number of nitrogens with two attached hydrogens (primary N) is 3. The molecule has 0 aliphatic rings. The second-order valence-electron chi connectivity index (χ2n) is 6.42. The summed E-state index contributed by atoms with van der Waals surface area (Å²) < 4.78 is 0. The summed E-state index contributed by atoms with van der Waals surface area (Å²) in [4.78, 5) is 0. The highest BCUT2D eigenvalue weighted by Gasteiger charge is 2.07. The van der Waals surface area contributed by atoms with Gasteiger partial charge in [-0.1, -0.05) is 0 Å². The normalized spacial score (nSPS) is 15.7. The topological polar surface area (TPSA) is 114 Å². The van der Waals surface area contributed by atoms with E-state index in [9.17, 15) is 0 Å². The number of rotatable bonds is 16. The van der Waals surface area contributed by atoms with E-state index >= 15 is 0 Å². The van der Waals surface area contributed by atoms with Crippen molar-refractivity contribution in [3.05, 3.63) is 0 Å². The highest BCUT2D eigenvalue weighted by Crippen LogP contribution is 1.97. The molecule has 0 radical (unpaired) electrons. The summed E-state index contributed by atoms with van der Waals surface area (Å²) in [7, 11) is 0. The van der Waals surface area contributed by atoms with E-state index < -0.39 is 0 Å². The molecule has 0 aromatic rings. The first-order chi connectivity index (χ1) is 10.6. The van der Waals surface area contributed by atoms with Gasteiger partial charge < -0.3 is 33.2 Å². The molecule has 0 spiro atoms. The van der Waals surface area contributed by atoms with Gasteiger partial charge in [0.05, 0.1) is 0 Å². The van der Waals surface area contributed by atoms with Crippen LogP contribution in [0.3, 0.4) is 0 Å². The SMILES string of the molecule is CC(N)CCNCCCC(CNCCCN)NCCC(C)N. The van der Waals surface area contributed by atoms with Crippen LogP contribution in [0.4, 0.5) is 0 Å². The summed E-state index contributed by atoms with van der Waals surface area (Å²) >= 11 is 0. The minimum Gasteiger partial charge on any atom is -0.330 e. The Balaban J connectivity index is 3.75. The lowest BCUT2D eigenvalue weighted by Gasteiger charge is -2.20. The van der Waals surface area contributed by atoms with Crippen LogP contribution in [0.25, 0.3) is 0 Å². The molecule has 0 saturated carbocycles. The fourth-order valence-electron chi connectivity index (χ4n) is 2.22. The molecule has 0 fully saturated rings. The van der Waals surface area contributed by atoms with Gasteiger partial charge in [-0.3, -0.25) is 0 Å². The van der Waals surface area contributed by atoms with Crippen LogP contribution in [-0.4, -0.2) is 57.4 Å². The van der Waals surface area contributed by atoms with Crippen molar-refractivity contribution in [2.75, 3.05) is 39.3 Å². The first-order valence-corrected chi connectivity index (χ1v) is 8.92. The first-order valence-electron chi connectivity index (χ1n) is 8.92. The van der Waals surface area contributed by atoms with E-state index in [4.69, 9.17) is 17.2 Å². The van der Waals surface area contributed by atoms with Crippen molar-refractivity contribution in [3.8, 4) is 0 Å². The van der Waals surface area contributed by atoms with Gasteiger partial charge in [0, 0.05) is 24.7 Å². The van der Waals surface area contributed by atoms with Gasteiger partial charge in [-0.25, -0.2) is 0 Å². The molecular formula is C16H40N6. The van der Waals surface area contributed by atoms with Crippen molar-refractivity contribution in [1.82, 2.24) is 16.0 Å². The van der Waals surface area contributed by atoms with Gasteiger partial charge in [0.15, 0.2) is 0 Å². The molecule has 0 rings (SSSR count). The van der Waals surface area contributed by atoms with E-state index in [1.807, 2.05) is 6.92 Å². The highest BCUT2D eigenvalue weighted by molar-refractivity contribution is 4.72. The molecule has 0 aromatic heterocycles. The van der Waals surface area contributed by atoms with Crippen LogP contribution in [0.2, 0.25) is 0 Å². The number of nitrogens with one attached hydrogen (secondary N) is 3. The van der Waals surface area contributed by atoms with E-state index in [0.29, 0.717) is 6.04 Å². The van der Waals surface area contributed by atoms with Crippen LogP contribution < -0.4 is 33.2 Å². The largest absolute Gasteiger partial charge is 0.330 e. The number of hydrogen-bond acceptors (Lipinski definition) is 6. The third-order valence-electron chi connectivity index (χ3n) is 3.66. The van der Waals surface area contributed by atoms with E-state index in [1.54, 1.807) is 0 Å². The van der Waals surface area contributed by atoms with Crippen molar-refractivity contribution in [1.29, 1.82) is 0 Å². The monoisotopic (exact) mass is 316 g/mol. The molecule has 22 heavy (non-hydrogen) atoms. The van der Waals surface area contributed by atoms with Crippen molar-refractivity contribution in [2.24, 2.45) is 17.2 Å². The predicted molar refractivity (Wildman–Crippen MR) is 97.0 cm³/mol. The molecule has 6 heteroatoms. The quantitative estimate of drug-likeness (QED) is 0.218. The minimum absolute atomic E-state index is 0.262. The average molecular weight is 317 g/mol. The van der Waals surface area contributed by atoms with Gasteiger partial charge >= 0.3 is 0 Å². The summed E-state index contributed by atoms with van der Waals surface area (Å²) in [5.41, 5.74) is 17.1. The maximum atomic E-state index is 5.81. The Morgan fingerprint density at radius 3 is 2.05 bits per heavy atom. The van der Waals surface area contributed by atoms with Crippen molar-refractivity contribution >= 4 is 0 Å². The summed E-state index contributed by atoms with van der Waals surface area (Å²) in [6, 6.07) is 1.05. The molecule has 3 atom stereocenters. The summed E-state index contributed by atoms with van der Waals surface area (Å²) in [5, 5.41) is 10.6. The standard InChI is InChI=1S/C16H40N6/c1-14(18)6-11-20-9-3-5-16(13-21-10-4-8-17)22-12-7-15(2)19/h14-16,20-22H,3-13,17-19H2,1-2H3. The molecule has 6 nitrogen and oxygen atoms in total. The molecule has 0 saturated heterocycles. The van der Waals surface area contributed by atoms with E-state index in [1.165, 1.54) is 12.8 Å². The van der Waals surface area contributed by atoms with Crippen molar-refractivity contribution in [2.45, 2.75) is 64.1 Å². The van der Waals surface area contributed by atoms with Crippen LogP contribution in [0, 0.1) is 0 Å². The van der Waals surface area contributed by atoms with Crippen LogP contribution in [0.1, 0.15) is 46.0 Å². The maximum Gasteiger partial charge on any atom is 0.0192 e. The zero-order valence-corrected chi connectivity index (χ0v) is 14.7. The van der Waals surface area contributed by atoms with Gasteiger partial charge in [0.2, 0.25) is 0 Å². The fourth-order valence-corrected chi connectivity index (χ4v) is 2.22. The fraction of sp³-hybridized carbons (Fsp3) is 1.00. The zero-order valence-electron chi connectivity index (χ0n) is 14.7. The Morgan fingerprint density at radius 2 is 1.41 bits per heavy atom. The van der Waals surface area contributed by atoms with E-state index in [-0.39, 0.29) is 12.1 Å². The Kier molecular flexibility index (Phi) is 15.5. The summed E-state index contributed by atoms with van der Waals surface area (Å²) in [6.07, 6.45) is 5.43. The molecular weight excluding hydrogens is 276 g/mol. The molecule has 0 amide bonds.